The number of hydrogen-bond donors (Lipinski definition) is 2. The Bertz CT molecular complexity index is 769. The van der Waals surface area contributed by atoms with Gasteiger partial charge < -0.3 is 4.57 Å². The molecular weight excluding hydrogens is 286 g/mol. The first-order chi connectivity index (χ1) is 10.2. The SMILES string of the molecule is Cn1cccc1-c1cc(C(=O)N/N=C\c2cccs2)[nH]n1. The minimum Gasteiger partial charge on any atom is -0.349 e. The molecule has 2 N–H and O–H groups in total. The quantitative estimate of drug-likeness (QED) is 0.572. The second kappa shape index (κ2) is 5.76. The molecule has 0 aliphatic heterocycles. The van der Waals surface area contributed by atoms with E-state index in [1.807, 2.05) is 47.5 Å². The third-order valence-electron chi connectivity index (χ3n) is 2.93. The molecule has 1 amide bonds. The summed E-state index contributed by atoms with van der Waals surface area (Å²) in [6.07, 6.45) is 3.53. The molecule has 0 radical (unpaired) electrons. The maximum absolute atomic E-state index is 11.9. The normalized spacial score (nSPS) is 11.1. The Kier molecular flexibility index (Phi) is 3.65. The summed E-state index contributed by atoms with van der Waals surface area (Å²) < 4.78 is 1.94. The molecule has 0 unspecified atom stereocenters. The molecule has 106 valence electrons. The Balaban J connectivity index is 1.68. The second-order valence-electron chi connectivity index (χ2n) is 4.39. The van der Waals surface area contributed by atoms with Crippen LogP contribution in [-0.4, -0.2) is 26.9 Å². The Morgan fingerprint density at radius 2 is 2.38 bits per heavy atom. The fraction of sp³-hybridized carbons (Fsp3) is 0.0714. The van der Waals surface area contributed by atoms with Crippen molar-refractivity contribution in [3.63, 3.8) is 0 Å². The van der Waals surface area contributed by atoms with E-state index in [9.17, 15) is 4.79 Å². The van der Waals surface area contributed by atoms with E-state index in [2.05, 4.69) is 20.7 Å². The largest absolute Gasteiger partial charge is 0.349 e. The first-order valence-corrected chi connectivity index (χ1v) is 7.16. The molecular formula is C14H13N5OS. The van der Waals surface area contributed by atoms with Crippen LogP contribution in [-0.2, 0) is 7.05 Å². The maximum atomic E-state index is 11.9. The van der Waals surface area contributed by atoms with Crippen LogP contribution in [0.15, 0.2) is 47.0 Å². The standard InChI is InChI=1S/C14H13N5OS/c1-19-6-2-5-13(19)11-8-12(17-16-11)14(20)18-15-9-10-4-3-7-21-10/h2-9H,1H3,(H,16,17)(H,18,20)/b15-9-. The average Bonchev–Trinajstić information content (AvgIpc) is 3.18. The van der Waals surface area contributed by atoms with Gasteiger partial charge in [-0.15, -0.1) is 11.3 Å². The lowest BCUT2D eigenvalue weighted by molar-refractivity contribution is 0.0950. The minimum atomic E-state index is -0.323. The predicted molar refractivity (Wildman–Crippen MR) is 82.4 cm³/mol. The summed E-state index contributed by atoms with van der Waals surface area (Å²) in [5.74, 6) is -0.323. The Hall–Kier alpha value is -2.67. The molecule has 7 heteroatoms. The molecule has 0 aliphatic carbocycles. The number of aromatic nitrogens is 3. The van der Waals surface area contributed by atoms with Crippen LogP contribution in [0.1, 0.15) is 15.4 Å². The maximum Gasteiger partial charge on any atom is 0.289 e. The van der Waals surface area contributed by atoms with Gasteiger partial charge in [-0.2, -0.15) is 10.2 Å². The van der Waals surface area contributed by atoms with Crippen molar-refractivity contribution < 1.29 is 4.79 Å². The van der Waals surface area contributed by atoms with E-state index in [-0.39, 0.29) is 5.91 Å². The Labute approximate surface area is 125 Å². The molecule has 3 aromatic rings. The van der Waals surface area contributed by atoms with Crippen molar-refractivity contribution >= 4 is 23.5 Å². The number of hydrazone groups is 1. The van der Waals surface area contributed by atoms with Gasteiger partial charge in [0.1, 0.15) is 11.4 Å². The predicted octanol–water partition coefficient (Wildman–Crippen LogP) is 2.24. The van der Waals surface area contributed by atoms with E-state index in [1.165, 1.54) is 0 Å². The lowest BCUT2D eigenvalue weighted by Crippen LogP contribution is -2.17. The number of carbonyl (C=O) groups is 1. The van der Waals surface area contributed by atoms with Crippen molar-refractivity contribution in [3.05, 3.63) is 52.5 Å². The monoisotopic (exact) mass is 299 g/mol. The highest BCUT2D eigenvalue weighted by molar-refractivity contribution is 7.11. The topological polar surface area (TPSA) is 75.1 Å². The number of H-pyrrole nitrogens is 1. The van der Waals surface area contributed by atoms with Gasteiger partial charge in [0.2, 0.25) is 0 Å². The number of amides is 1. The molecule has 0 saturated carbocycles. The zero-order chi connectivity index (χ0) is 14.7. The van der Waals surface area contributed by atoms with Gasteiger partial charge in [-0.3, -0.25) is 9.89 Å². The molecule has 3 heterocycles. The van der Waals surface area contributed by atoms with E-state index in [1.54, 1.807) is 23.6 Å². The van der Waals surface area contributed by atoms with Crippen LogP contribution < -0.4 is 5.43 Å². The summed E-state index contributed by atoms with van der Waals surface area (Å²) in [5, 5.41) is 12.7. The first-order valence-electron chi connectivity index (χ1n) is 6.28. The van der Waals surface area contributed by atoms with Crippen LogP contribution in [0.3, 0.4) is 0 Å². The van der Waals surface area contributed by atoms with Crippen molar-refractivity contribution in [3.8, 4) is 11.4 Å². The van der Waals surface area contributed by atoms with Crippen LogP contribution in [0.5, 0.6) is 0 Å². The van der Waals surface area contributed by atoms with Crippen LogP contribution in [0.25, 0.3) is 11.4 Å². The number of aryl methyl sites for hydroxylation is 1. The molecule has 0 aromatic carbocycles. The number of nitrogens with zero attached hydrogens (tertiary/aromatic N) is 3. The van der Waals surface area contributed by atoms with Crippen molar-refractivity contribution in [1.82, 2.24) is 20.2 Å². The first kappa shape index (κ1) is 13.3. The van der Waals surface area contributed by atoms with Crippen LogP contribution >= 0.6 is 11.3 Å². The lowest BCUT2D eigenvalue weighted by atomic mass is 10.3. The fourth-order valence-electron chi connectivity index (χ4n) is 1.88. The zero-order valence-corrected chi connectivity index (χ0v) is 12.1. The second-order valence-corrected chi connectivity index (χ2v) is 5.37. The molecule has 6 nitrogen and oxygen atoms in total. The summed E-state index contributed by atoms with van der Waals surface area (Å²) in [7, 11) is 1.93. The molecule has 3 rings (SSSR count). The zero-order valence-electron chi connectivity index (χ0n) is 11.3. The van der Waals surface area contributed by atoms with E-state index >= 15 is 0 Å². The van der Waals surface area contributed by atoms with Gasteiger partial charge in [0, 0.05) is 18.1 Å². The van der Waals surface area contributed by atoms with Crippen molar-refractivity contribution in [2.24, 2.45) is 12.1 Å². The summed E-state index contributed by atoms with van der Waals surface area (Å²) >= 11 is 1.55. The van der Waals surface area contributed by atoms with Gasteiger partial charge in [0.15, 0.2) is 0 Å². The molecule has 3 aromatic heterocycles. The molecule has 0 bridgehead atoms. The molecule has 21 heavy (non-hydrogen) atoms. The van der Waals surface area contributed by atoms with Crippen molar-refractivity contribution in [2.45, 2.75) is 0 Å². The number of carbonyl (C=O) groups excluding carboxylic acids is 1. The molecule has 0 saturated heterocycles. The summed E-state index contributed by atoms with van der Waals surface area (Å²) in [6, 6.07) is 9.41. The van der Waals surface area contributed by atoms with E-state index in [0.717, 1.165) is 16.3 Å². The lowest BCUT2D eigenvalue weighted by Gasteiger charge is -1.97. The minimum absolute atomic E-state index is 0.323. The highest BCUT2D eigenvalue weighted by atomic mass is 32.1. The van der Waals surface area contributed by atoms with E-state index in [0.29, 0.717) is 5.69 Å². The number of nitrogens with one attached hydrogen (secondary N) is 2. The smallest absolute Gasteiger partial charge is 0.289 e. The van der Waals surface area contributed by atoms with Gasteiger partial charge >= 0.3 is 0 Å². The van der Waals surface area contributed by atoms with Crippen molar-refractivity contribution in [1.29, 1.82) is 0 Å². The fourth-order valence-corrected chi connectivity index (χ4v) is 2.46. The highest BCUT2D eigenvalue weighted by Gasteiger charge is 2.11. The summed E-state index contributed by atoms with van der Waals surface area (Å²) in [4.78, 5) is 12.9. The van der Waals surface area contributed by atoms with Crippen molar-refractivity contribution in [2.75, 3.05) is 0 Å². The number of thiophene rings is 1. The number of rotatable bonds is 4. The number of aromatic amines is 1. The molecule has 0 atom stereocenters. The van der Waals surface area contributed by atoms with Gasteiger partial charge in [0.05, 0.1) is 11.9 Å². The van der Waals surface area contributed by atoms with Crippen LogP contribution in [0.4, 0.5) is 0 Å². The third-order valence-corrected chi connectivity index (χ3v) is 3.74. The van der Waals surface area contributed by atoms with Crippen LogP contribution in [0.2, 0.25) is 0 Å². The Morgan fingerprint density at radius 1 is 1.48 bits per heavy atom. The summed E-state index contributed by atoms with van der Waals surface area (Å²) in [6.45, 7) is 0. The van der Waals surface area contributed by atoms with E-state index < -0.39 is 0 Å². The van der Waals surface area contributed by atoms with Gasteiger partial charge in [0.25, 0.3) is 5.91 Å². The van der Waals surface area contributed by atoms with Gasteiger partial charge in [-0.05, 0) is 29.6 Å². The van der Waals surface area contributed by atoms with E-state index in [4.69, 9.17) is 0 Å². The highest BCUT2D eigenvalue weighted by Crippen LogP contribution is 2.17. The molecule has 0 aliphatic rings. The molecule has 0 spiro atoms. The molecule has 0 fully saturated rings. The number of hydrogen-bond acceptors (Lipinski definition) is 4. The summed E-state index contributed by atoms with van der Waals surface area (Å²) in [5.41, 5.74) is 4.49. The van der Waals surface area contributed by atoms with Gasteiger partial charge in [-0.1, -0.05) is 6.07 Å². The van der Waals surface area contributed by atoms with Gasteiger partial charge in [-0.25, -0.2) is 5.43 Å². The average molecular weight is 299 g/mol. The Morgan fingerprint density at radius 3 is 3.10 bits per heavy atom. The third kappa shape index (κ3) is 2.92. The van der Waals surface area contributed by atoms with Crippen LogP contribution in [0, 0.1) is 0 Å².